The monoisotopic (exact) mass is 253 g/mol. The molecule has 7 heteroatoms. The highest BCUT2D eigenvalue weighted by molar-refractivity contribution is 5.30. The highest BCUT2D eigenvalue weighted by Crippen LogP contribution is 2.24. The maximum absolute atomic E-state index is 13.2. The van der Waals surface area contributed by atoms with Crippen LogP contribution in [0.15, 0.2) is 18.3 Å². The number of rotatable bonds is 3. The van der Waals surface area contributed by atoms with E-state index in [1.54, 1.807) is 6.07 Å². The van der Waals surface area contributed by atoms with Crippen LogP contribution < -0.4 is 4.74 Å². The number of nitriles is 1. The van der Waals surface area contributed by atoms with Crippen LogP contribution in [0.2, 0.25) is 0 Å². The van der Waals surface area contributed by atoms with Gasteiger partial charge in [-0.05, 0) is 12.1 Å². The summed E-state index contributed by atoms with van der Waals surface area (Å²) in [5, 5.41) is 14.6. The number of H-pyrrole nitrogens is 1. The summed E-state index contributed by atoms with van der Waals surface area (Å²) in [5.74, 6) is -4.45. The van der Waals surface area contributed by atoms with Crippen molar-refractivity contribution in [2.45, 2.75) is 6.61 Å². The molecule has 0 unspecified atom stereocenters. The summed E-state index contributed by atoms with van der Waals surface area (Å²) in [6, 6.07) is 3.21. The third-order valence-corrected chi connectivity index (χ3v) is 2.20. The summed E-state index contributed by atoms with van der Waals surface area (Å²) in [6.07, 6.45) is 1.29. The molecule has 0 saturated carbocycles. The smallest absolute Gasteiger partial charge is 0.203 e. The Balaban J connectivity index is 2.21. The molecular weight excluding hydrogens is 247 g/mol. The fourth-order valence-electron chi connectivity index (χ4n) is 1.31. The molecule has 4 nitrogen and oxygen atoms in total. The number of halogens is 3. The first kappa shape index (κ1) is 12.0. The van der Waals surface area contributed by atoms with Crippen molar-refractivity contribution in [2.24, 2.45) is 0 Å². The SMILES string of the molecule is N#Cc1[nH]ncc1COc1c(F)ccc(F)c1F. The average molecular weight is 253 g/mol. The van der Waals surface area contributed by atoms with Gasteiger partial charge in [-0.2, -0.15) is 14.8 Å². The standard InChI is InChI=1S/C11H6F3N3O/c12-7-1-2-8(13)11(10(7)14)18-5-6-4-16-17-9(6)3-15/h1-2,4H,5H2,(H,16,17). The third kappa shape index (κ3) is 2.13. The highest BCUT2D eigenvalue weighted by Gasteiger charge is 2.16. The second-order valence-corrected chi connectivity index (χ2v) is 3.34. The Labute approximate surface area is 99.6 Å². The zero-order valence-corrected chi connectivity index (χ0v) is 8.88. The van der Waals surface area contributed by atoms with E-state index < -0.39 is 23.2 Å². The fraction of sp³-hybridized carbons (Fsp3) is 0.0909. The van der Waals surface area contributed by atoms with Crippen LogP contribution in [0, 0.1) is 28.8 Å². The minimum atomic E-state index is -1.41. The molecule has 0 bridgehead atoms. The first-order chi connectivity index (χ1) is 8.63. The van der Waals surface area contributed by atoms with E-state index in [1.807, 2.05) is 0 Å². The molecule has 0 aliphatic carbocycles. The van der Waals surface area contributed by atoms with Crippen molar-refractivity contribution in [1.82, 2.24) is 10.2 Å². The van der Waals surface area contributed by atoms with E-state index in [0.717, 1.165) is 6.07 Å². The van der Waals surface area contributed by atoms with E-state index in [9.17, 15) is 13.2 Å². The van der Waals surface area contributed by atoms with Gasteiger partial charge in [-0.1, -0.05) is 0 Å². The molecule has 0 spiro atoms. The quantitative estimate of drug-likeness (QED) is 0.853. The van der Waals surface area contributed by atoms with Crippen molar-refractivity contribution in [3.63, 3.8) is 0 Å². The van der Waals surface area contributed by atoms with Crippen LogP contribution in [-0.2, 0) is 6.61 Å². The molecule has 0 aliphatic heterocycles. The van der Waals surface area contributed by atoms with Crippen molar-refractivity contribution in [2.75, 3.05) is 0 Å². The second-order valence-electron chi connectivity index (χ2n) is 3.34. The summed E-state index contributed by atoms with van der Waals surface area (Å²) in [4.78, 5) is 0. The van der Waals surface area contributed by atoms with Gasteiger partial charge in [-0.25, -0.2) is 8.78 Å². The molecule has 0 radical (unpaired) electrons. The van der Waals surface area contributed by atoms with Gasteiger partial charge in [0.25, 0.3) is 0 Å². The lowest BCUT2D eigenvalue weighted by molar-refractivity contribution is 0.268. The minimum Gasteiger partial charge on any atom is -0.483 e. The molecule has 18 heavy (non-hydrogen) atoms. The Bertz CT molecular complexity index is 618. The number of benzene rings is 1. The first-order valence-corrected chi connectivity index (χ1v) is 4.82. The Morgan fingerprint density at radius 1 is 1.28 bits per heavy atom. The Morgan fingerprint density at radius 3 is 2.72 bits per heavy atom. The van der Waals surface area contributed by atoms with Crippen LogP contribution in [0.1, 0.15) is 11.3 Å². The van der Waals surface area contributed by atoms with Crippen molar-refractivity contribution in [1.29, 1.82) is 5.26 Å². The van der Waals surface area contributed by atoms with Crippen molar-refractivity contribution in [3.05, 3.63) is 47.0 Å². The van der Waals surface area contributed by atoms with Gasteiger partial charge in [0.05, 0.1) is 6.20 Å². The highest BCUT2D eigenvalue weighted by atomic mass is 19.2. The van der Waals surface area contributed by atoms with Gasteiger partial charge < -0.3 is 4.74 Å². The van der Waals surface area contributed by atoms with Gasteiger partial charge in [0.15, 0.2) is 17.4 Å². The molecule has 92 valence electrons. The zero-order chi connectivity index (χ0) is 13.1. The number of aromatic nitrogens is 2. The van der Waals surface area contributed by atoms with Crippen LogP contribution in [-0.4, -0.2) is 10.2 Å². The van der Waals surface area contributed by atoms with Crippen molar-refractivity contribution >= 4 is 0 Å². The van der Waals surface area contributed by atoms with E-state index >= 15 is 0 Å². The molecular formula is C11H6F3N3O. The zero-order valence-electron chi connectivity index (χ0n) is 8.88. The summed E-state index contributed by atoms with van der Waals surface area (Å²) in [5.41, 5.74) is 0.438. The third-order valence-electron chi connectivity index (χ3n) is 2.20. The van der Waals surface area contributed by atoms with Crippen molar-refractivity contribution < 1.29 is 17.9 Å². The molecule has 0 aliphatic rings. The topological polar surface area (TPSA) is 61.7 Å². The van der Waals surface area contributed by atoms with E-state index in [4.69, 9.17) is 10.00 Å². The lowest BCUT2D eigenvalue weighted by atomic mass is 10.2. The Hall–Kier alpha value is -2.49. The molecule has 1 aromatic carbocycles. The van der Waals surface area contributed by atoms with Crippen molar-refractivity contribution in [3.8, 4) is 11.8 Å². The predicted molar refractivity (Wildman–Crippen MR) is 54.0 cm³/mol. The van der Waals surface area contributed by atoms with Gasteiger partial charge in [0.1, 0.15) is 18.4 Å². The van der Waals surface area contributed by atoms with Crippen LogP contribution in [0.25, 0.3) is 0 Å². The van der Waals surface area contributed by atoms with Crippen LogP contribution in [0.3, 0.4) is 0 Å². The van der Waals surface area contributed by atoms with Gasteiger partial charge >= 0.3 is 0 Å². The minimum absolute atomic E-state index is 0.118. The van der Waals surface area contributed by atoms with Gasteiger partial charge in [0.2, 0.25) is 5.82 Å². The van der Waals surface area contributed by atoms with Gasteiger partial charge in [-0.15, -0.1) is 0 Å². The molecule has 1 aromatic heterocycles. The summed E-state index contributed by atoms with van der Waals surface area (Å²) < 4.78 is 44.2. The van der Waals surface area contributed by atoms with E-state index in [-0.39, 0.29) is 12.3 Å². The average Bonchev–Trinajstić information content (AvgIpc) is 2.81. The summed E-state index contributed by atoms with van der Waals surface area (Å²) >= 11 is 0. The van der Waals surface area contributed by atoms with Crippen LogP contribution >= 0.6 is 0 Å². The molecule has 0 amide bonds. The maximum Gasteiger partial charge on any atom is 0.203 e. The molecule has 1 heterocycles. The lowest BCUT2D eigenvalue weighted by Gasteiger charge is -2.07. The van der Waals surface area contributed by atoms with Gasteiger partial charge in [-0.3, -0.25) is 5.10 Å². The second kappa shape index (κ2) is 4.79. The number of ether oxygens (including phenoxy) is 1. The number of hydrogen-bond donors (Lipinski definition) is 1. The summed E-state index contributed by atoms with van der Waals surface area (Å²) in [7, 11) is 0. The molecule has 0 saturated heterocycles. The number of nitrogens with one attached hydrogen (secondary N) is 1. The number of aromatic amines is 1. The van der Waals surface area contributed by atoms with Gasteiger partial charge in [0, 0.05) is 5.56 Å². The molecule has 0 atom stereocenters. The summed E-state index contributed by atoms with van der Waals surface area (Å²) in [6.45, 7) is -0.295. The molecule has 2 aromatic rings. The Kier molecular flexibility index (Phi) is 3.19. The van der Waals surface area contributed by atoms with Crippen LogP contribution in [0.5, 0.6) is 5.75 Å². The first-order valence-electron chi connectivity index (χ1n) is 4.82. The Morgan fingerprint density at radius 2 is 2.00 bits per heavy atom. The largest absolute Gasteiger partial charge is 0.483 e. The predicted octanol–water partition coefficient (Wildman–Crippen LogP) is 2.28. The molecule has 1 N–H and O–H groups in total. The van der Waals surface area contributed by atoms with E-state index in [0.29, 0.717) is 11.6 Å². The van der Waals surface area contributed by atoms with E-state index in [1.165, 1.54) is 6.20 Å². The molecule has 2 rings (SSSR count). The van der Waals surface area contributed by atoms with Crippen LogP contribution in [0.4, 0.5) is 13.2 Å². The van der Waals surface area contributed by atoms with E-state index in [2.05, 4.69) is 10.2 Å². The normalized spacial score (nSPS) is 10.1. The maximum atomic E-state index is 13.2. The molecule has 0 fully saturated rings. The number of nitrogens with zero attached hydrogens (tertiary/aromatic N) is 2. The fourth-order valence-corrected chi connectivity index (χ4v) is 1.31. The number of hydrogen-bond acceptors (Lipinski definition) is 3. The lowest BCUT2D eigenvalue weighted by Crippen LogP contribution is -2.02.